The van der Waals surface area contributed by atoms with E-state index < -0.39 is 11.9 Å². The molecule has 0 aliphatic carbocycles. The van der Waals surface area contributed by atoms with Crippen LogP contribution in [0.5, 0.6) is 0 Å². The second-order valence-corrected chi connectivity index (χ2v) is 7.11. The number of piperidine rings is 1. The molecule has 1 aliphatic heterocycles. The normalized spacial score (nSPS) is 14.7. The Labute approximate surface area is 157 Å². The Bertz CT molecular complexity index is 665. The van der Waals surface area contributed by atoms with Crippen molar-refractivity contribution in [1.82, 2.24) is 4.90 Å². The highest BCUT2D eigenvalue weighted by molar-refractivity contribution is 7.18. The molecule has 1 saturated heterocycles. The van der Waals surface area contributed by atoms with Gasteiger partial charge in [0.15, 0.2) is 0 Å². The smallest absolute Gasteiger partial charge is 0.348 e. The molecule has 7 nitrogen and oxygen atoms in total. The maximum absolute atomic E-state index is 12.4. The van der Waals surface area contributed by atoms with Crippen molar-refractivity contribution in [2.24, 2.45) is 0 Å². The number of carbonyl (C=O) groups excluding carboxylic acids is 3. The van der Waals surface area contributed by atoms with E-state index in [9.17, 15) is 14.4 Å². The molecule has 1 N–H and O–H groups in total. The van der Waals surface area contributed by atoms with E-state index in [1.165, 1.54) is 6.42 Å². The number of carbonyl (C=O) groups is 3. The van der Waals surface area contributed by atoms with Crippen LogP contribution in [0.1, 0.15) is 58.7 Å². The highest BCUT2D eigenvalue weighted by atomic mass is 32.1. The lowest BCUT2D eigenvalue weighted by molar-refractivity contribution is -0.117. The number of likely N-dealkylation sites (tertiary alicyclic amines) is 1. The molecule has 0 saturated carbocycles. The lowest BCUT2D eigenvalue weighted by Crippen LogP contribution is -2.36. The first kappa shape index (κ1) is 20.4. The summed E-state index contributed by atoms with van der Waals surface area (Å²) in [5.74, 6) is -1.25. The Hall–Kier alpha value is -1.93. The average Bonchev–Trinajstić information content (AvgIpc) is 2.92. The zero-order valence-electron chi connectivity index (χ0n) is 15.6. The predicted octanol–water partition coefficient (Wildman–Crippen LogP) is 2.83. The average molecular weight is 382 g/mol. The lowest BCUT2D eigenvalue weighted by Gasteiger charge is -2.25. The van der Waals surface area contributed by atoms with Crippen molar-refractivity contribution in [2.75, 3.05) is 38.2 Å². The summed E-state index contributed by atoms with van der Waals surface area (Å²) in [5, 5.41) is 3.12. The van der Waals surface area contributed by atoms with Crippen molar-refractivity contribution in [3.05, 3.63) is 16.0 Å². The number of thiophene rings is 1. The van der Waals surface area contributed by atoms with Crippen LogP contribution in [0.2, 0.25) is 0 Å². The molecule has 2 heterocycles. The zero-order chi connectivity index (χ0) is 19.1. The minimum absolute atomic E-state index is 0.200. The molecule has 0 aromatic carbocycles. The molecule has 1 aliphatic rings. The van der Waals surface area contributed by atoms with Crippen LogP contribution in [-0.2, 0) is 14.3 Å². The topological polar surface area (TPSA) is 84.9 Å². The number of nitrogens with zero attached hydrogens (tertiary/aromatic N) is 1. The SMILES string of the molecule is CCOC(=O)c1sc(NC(=O)CN2CCCCC2)c(C(=O)OCC)c1C. The van der Waals surface area contributed by atoms with Crippen LogP contribution in [0, 0.1) is 6.92 Å². The third-order valence-electron chi connectivity index (χ3n) is 4.16. The van der Waals surface area contributed by atoms with Gasteiger partial charge >= 0.3 is 11.9 Å². The van der Waals surface area contributed by atoms with Gasteiger partial charge in [-0.15, -0.1) is 11.3 Å². The van der Waals surface area contributed by atoms with Gasteiger partial charge in [-0.1, -0.05) is 6.42 Å². The number of ether oxygens (including phenoxy) is 2. The summed E-state index contributed by atoms with van der Waals surface area (Å²) in [5.41, 5.74) is 0.701. The van der Waals surface area contributed by atoms with E-state index >= 15 is 0 Å². The van der Waals surface area contributed by atoms with Gasteiger partial charge in [-0.3, -0.25) is 9.69 Å². The third kappa shape index (κ3) is 5.04. The number of nitrogens with one attached hydrogen (secondary N) is 1. The molecule has 0 unspecified atom stereocenters. The highest BCUT2D eigenvalue weighted by Gasteiger charge is 2.27. The van der Waals surface area contributed by atoms with Crippen molar-refractivity contribution in [3.63, 3.8) is 0 Å². The standard InChI is InChI=1S/C18H26N2O5S/c1-4-24-17(22)14-12(3)15(18(23)25-5-2)26-16(14)19-13(21)11-20-9-7-6-8-10-20/h4-11H2,1-3H3,(H,19,21). The van der Waals surface area contributed by atoms with E-state index in [2.05, 4.69) is 10.2 Å². The van der Waals surface area contributed by atoms with Gasteiger partial charge in [0.1, 0.15) is 9.88 Å². The Kier molecular flexibility index (Phi) is 7.59. The first-order chi connectivity index (χ1) is 12.5. The monoisotopic (exact) mass is 382 g/mol. The second kappa shape index (κ2) is 9.68. The molecule has 0 atom stereocenters. The van der Waals surface area contributed by atoms with Gasteiger partial charge < -0.3 is 14.8 Å². The Balaban J connectivity index is 2.21. The first-order valence-corrected chi connectivity index (χ1v) is 9.79. The van der Waals surface area contributed by atoms with Gasteiger partial charge in [0, 0.05) is 0 Å². The van der Waals surface area contributed by atoms with Crippen molar-refractivity contribution >= 4 is 34.2 Å². The lowest BCUT2D eigenvalue weighted by atomic mass is 10.1. The fourth-order valence-corrected chi connectivity index (χ4v) is 4.03. The van der Waals surface area contributed by atoms with Gasteiger partial charge in [-0.25, -0.2) is 9.59 Å². The van der Waals surface area contributed by atoms with Crippen LogP contribution >= 0.6 is 11.3 Å². The summed E-state index contributed by atoms with van der Waals surface area (Å²) in [4.78, 5) is 39.3. The Morgan fingerprint density at radius 3 is 2.27 bits per heavy atom. The van der Waals surface area contributed by atoms with E-state index in [4.69, 9.17) is 9.47 Å². The Morgan fingerprint density at radius 2 is 1.65 bits per heavy atom. The predicted molar refractivity (Wildman–Crippen MR) is 99.9 cm³/mol. The Morgan fingerprint density at radius 1 is 1.04 bits per heavy atom. The van der Waals surface area contributed by atoms with Gasteiger partial charge in [0.05, 0.1) is 25.3 Å². The summed E-state index contributed by atoms with van der Waals surface area (Å²) in [6, 6.07) is 0. The minimum Gasteiger partial charge on any atom is -0.462 e. The molecule has 0 bridgehead atoms. The minimum atomic E-state index is -0.551. The fourth-order valence-electron chi connectivity index (χ4n) is 2.93. The molecule has 26 heavy (non-hydrogen) atoms. The number of amides is 1. The molecule has 1 aromatic heterocycles. The van der Waals surface area contributed by atoms with Crippen LogP contribution in [0.4, 0.5) is 5.00 Å². The van der Waals surface area contributed by atoms with Crippen molar-refractivity contribution in [2.45, 2.75) is 40.0 Å². The largest absolute Gasteiger partial charge is 0.462 e. The van der Waals surface area contributed by atoms with E-state index in [-0.39, 0.29) is 31.2 Å². The zero-order valence-corrected chi connectivity index (χ0v) is 16.4. The molecule has 1 aromatic rings. The maximum Gasteiger partial charge on any atom is 0.348 e. The molecular formula is C18H26N2O5S. The van der Waals surface area contributed by atoms with Gasteiger partial charge in [-0.05, 0) is 52.3 Å². The molecular weight excluding hydrogens is 356 g/mol. The van der Waals surface area contributed by atoms with Gasteiger partial charge in [-0.2, -0.15) is 0 Å². The summed E-state index contributed by atoms with van der Waals surface area (Å²) >= 11 is 1.05. The van der Waals surface area contributed by atoms with E-state index in [0.717, 1.165) is 37.3 Å². The quantitative estimate of drug-likeness (QED) is 0.730. The van der Waals surface area contributed by atoms with Crippen molar-refractivity contribution in [3.8, 4) is 0 Å². The van der Waals surface area contributed by atoms with Gasteiger partial charge in [0.2, 0.25) is 5.91 Å². The van der Waals surface area contributed by atoms with Crippen molar-refractivity contribution < 1.29 is 23.9 Å². The number of hydrogen-bond donors (Lipinski definition) is 1. The maximum atomic E-state index is 12.4. The summed E-state index contributed by atoms with van der Waals surface area (Å²) in [6.07, 6.45) is 3.37. The summed E-state index contributed by atoms with van der Waals surface area (Å²) in [6.45, 7) is 7.61. The van der Waals surface area contributed by atoms with E-state index in [1.54, 1.807) is 20.8 Å². The number of esters is 2. The summed E-state index contributed by atoms with van der Waals surface area (Å²) in [7, 11) is 0. The molecule has 0 radical (unpaired) electrons. The molecule has 0 spiro atoms. The molecule has 2 rings (SSSR count). The molecule has 1 fully saturated rings. The highest BCUT2D eigenvalue weighted by Crippen LogP contribution is 2.34. The molecule has 1 amide bonds. The summed E-state index contributed by atoms with van der Waals surface area (Å²) < 4.78 is 10.1. The van der Waals surface area contributed by atoms with Gasteiger partial charge in [0.25, 0.3) is 0 Å². The third-order valence-corrected chi connectivity index (χ3v) is 5.34. The number of rotatable bonds is 7. The van der Waals surface area contributed by atoms with Crippen LogP contribution < -0.4 is 5.32 Å². The van der Waals surface area contributed by atoms with Crippen LogP contribution in [0.25, 0.3) is 0 Å². The van der Waals surface area contributed by atoms with Crippen LogP contribution in [-0.4, -0.2) is 55.6 Å². The number of hydrogen-bond acceptors (Lipinski definition) is 7. The molecule has 8 heteroatoms. The number of anilines is 1. The van der Waals surface area contributed by atoms with Crippen molar-refractivity contribution in [1.29, 1.82) is 0 Å². The van der Waals surface area contributed by atoms with Crippen LogP contribution in [0.3, 0.4) is 0 Å². The van der Waals surface area contributed by atoms with E-state index in [0.29, 0.717) is 15.4 Å². The van der Waals surface area contributed by atoms with E-state index in [1.807, 2.05) is 0 Å². The van der Waals surface area contributed by atoms with Crippen LogP contribution in [0.15, 0.2) is 0 Å². The second-order valence-electron chi connectivity index (χ2n) is 6.09. The fraction of sp³-hybridized carbons (Fsp3) is 0.611. The molecule has 144 valence electrons. The first-order valence-electron chi connectivity index (χ1n) is 8.97.